The molecule has 0 saturated heterocycles. The Hall–Kier alpha value is -3.29. The van der Waals surface area contributed by atoms with Gasteiger partial charge in [-0.3, -0.25) is 0 Å². The Kier molecular flexibility index (Phi) is 11.1. The minimum Gasteiger partial charge on any atom is -0.376 e. The van der Waals surface area contributed by atoms with E-state index in [2.05, 4.69) is 84.0 Å². The van der Waals surface area contributed by atoms with E-state index in [0.29, 0.717) is 32.8 Å². The van der Waals surface area contributed by atoms with Crippen LogP contribution in [0.2, 0.25) is 0 Å². The first-order valence-electron chi connectivity index (χ1n) is 15.6. The van der Waals surface area contributed by atoms with Crippen LogP contribution >= 0.6 is 0 Å². The zero-order chi connectivity index (χ0) is 32.7. The molecule has 240 valence electrons. The van der Waals surface area contributed by atoms with Crippen LogP contribution in [0.1, 0.15) is 74.9 Å². The predicted molar refractivity (Wildman–Crippen MR) is 184 cm³/mol. The van der Waals surface area contributed by atoms with Gasteiger partial charge in [0.1, 0.15) is 0 Å². The van der Waals surface area contributed by atoms with Gasteiger partial charge in [0.15, 0.2) is 0 Å². The molecule has 0 fully saturated rings. The van der Waals surface area contributed by atoms with Crippen LogP contribution in [0.3, 0.4) is 0 Å². The van der Waals surface area contributed by atoms with Gasteiger partial charge in [-0.15, -0.1) is 0 Å². The Morgan fingerprint density at radius 1 is 0.578 bits per heavy atom. The van der Waals surface area contributed by atoms with Crippen molar-refractivity contribution in [3.63, 3.8) is 0 Å². The summed E-state index contributed by atoms with van der Waals surface area (Å²) in [5, 5.41) is 5.42. The van der Waals surface area contributed by atoms with Crippen molar-refractivity contribution in [3.8, 4) is 0 Å². The zero-order valence-electron chi connectivity index (χ0n) is 27.7. The Balaban J connectivity index is 1.78. The van der Waals surface area contributed by atoms with E-state index in [1.807, 2.05) is 48.5 Å². The van der Waals surface area contributed by atoms with E-state index in [1.165, 1.54) is 16.7 Å². The molecule has 0 unspecified atom stereocenters. The molecule has 6 heteroatoms. The van der Waals surface area contributed by atoms with Gasteiger partial charge >= 0.3 is 0 Å². The summed E-state index contributed by atoms with van der Waals surface area (Å²) in [5.41, 5.74) is 6.63. The van der Waals surface area contributed by atoms with E-state index in [4.69, 9.17) is 14.6 Å². The summed E-state index contributed by atoms with van der Waals surface area (Å²) in [5.74, 6) is 0. The smallest absolute Gasteiger partial charge is 0.238 e. The Morgan fingerprint density at radius 3 is 1.53 bits per heavy atom. The van der Waals surface area contributed by atoms with Gasteiger partial charge in [-0.05, 0) is 69.2 Å². The first-order valence-corrected chi connectivity index (χ1v) is 17.2. The lowest BCUT2D eigenvalue weighted by atomic mass is 9.69. The van der Waals surface area contributed by atoms with Crippen LogP contribution in [-0.4, -0.2) is 21.6 Å². The second kappa shape index (κ2) is 14.4. The monoisotopic (exact) mass is 627 g/mol. The Labute approximate surface area is 270 Å². The van der Waals surface area contributed by atoms with Crippen molar-refractivity contribution in [2.75, 3.05) is 13.2 Å². The molecule has 4 aromatic carbocycles. The molecule has 5 nitrogen and oxygen atoms in total. The fourth-order valence-corrected chi connectivity index (χ4v) is 6.64. The van der Waals surface area contributed by atoms with Crippen molar-refractivity contribution in [2.45, 2.75) is 83.3 Å². The molecule has 4 rings (SSSR count). The van der Waals surface area contributed by atoms with Gasteiger partial charge in [-0.2, -0.15) is 0 Å². The molecule has 0 aromatic heterocycles. The van der Waals surface area contributed by atoms with E-state index in [0.717, 1.165) is 23.1 Å². The molecule has 2 N–H and O–H groups in total. The third-order valence-corrected chi connectivity index (χ3v) is 9.07. The average Bonchev–Trinajstić information content (AvgIpc) is 2.97. The summed E-state index contributed by atoms with van der Waals surface area (Å²) in [6.07, 6.45) is 1.36. The second-order valence-corrected chi connectivity index (χ2v) is 15.9. The van der Waals surface area contributed by atoms with Gasteiger partial charge in [0.05, 0.1) is 31.3 Å². The van der Waals surface area contributed by atoms with E-state index < -0.39 is 15.4 Å². The van der Waals surface area contributed by atoms with Crippen molar-refractivity contribution in [3.05, 3.63) is 137 Å². The molecule has 0 aliphatic rings. The predicted octanol–water partition coefficient (Wildman–Crippen LogP) is 8.13. The molecule has 0 spiro atoms. The Bertz CT molecular complexity index is 1570. The van der Waals surface area contributed by atoms with Gasteiger partial charge in [0.2, 0.25) is 10.0 Å². The number of benzene rings is 4. The van der Waals surface area contributed by atoms with E-state index in [1.54, 1.807) is 12.1 Å². The number of hydrogen-bond acceptors (Lipinski definition) is 4. The standard InChI is InChI=1S/C39H49NO4S/c1-37(2,3)35-19-13-18-33(36(35)38(4,5)6)25-39(28-43-26-31-14-9-7-10-15-31,29-44-27-32-16-11-8-12-17-32)24-30-20-22-34(23-21-30)45(40,41)42/h7-23H,24-29H2,1-6H3,(H2,40,41,42). The first-order chi connectivity index (χ1) is 21.2. The van der Waals surface area contributed by atoms with Crippen LogP contribution in [0.15, 0.2) is 108 Å². The molecule has 0 aliphatic carbocycles. The van der Waals surface area contributed by atoms with Gasteiger partial charge < -0.3 is 9.47 Å². The van der Waals surface area contributed by atoms with E-state index in [-0.39, 0.29) is 15.7 Å². The molecule has 0 atom stereocenters. The van der Waals surface area contributed by atoms with Crippen molar-refractivity contribution in [1.29, 1.82) is 0 Å². The summed E-state index contributed by atoms with van der Waals surface area (Å²) >= 11 is 0. The molecule has 0 aliphatic heterocycles. The lowest BCUT2D eigenvalue weighted by Crippen LogP contribution is -2.38. The SMILES string of the molecule is CC(C)(C)c1cccc(CC(COCc2ccccc2)(COCc2ccccc2)Cc2ccc(S(N)(=O)=O)cc2)c1C(C)(C)C. The quantitative estimate of drug-likeness (QED) is 0.162. The molecule has 0 bridgehead atoms. The van der Waals surface area contributed by atoms with E-state index >= 15 is 0 Å². The lowest BCUT2D eigenvalue weighted by Gasteiger charge is -2.38. The normalized spacial score (nSPS) is 12.8. The van der Waals surface area contributed by atoms with Crippen LogP contribution in [0.4, 0.5) is 0 Å². The van der Waals surface area contributed by atoms with Crippen molar-refractivity contribution in [1.82, 2.24) is 0 Å². The van der Waals surface area contributed by atoms with Crippen LogP contribution in [0.5, 0.6) is 0 Å². The third kappa shape index (κ3) is 9.85. The maximum Gasteiger partial charge on any atom is 0.238 e. The third-order valence-electron chi connectivity index (χ3n) is 8.14. The average molecular weight is 628 g/mol. The minimum atomic E-state index is -3.79. The Morgan fingerprint density at radius 2 is 1.09 bits per heavy atom. The highest BCUT2D eigenvalue weighted by molar-refractivity contribution is 7.89. The molecule has 0 saturated carbocycles. The fourth-order valence-electron chi connectivity index (χ4n) is 6.12. The highest BCUT2D eigenvalue weighted by Gasteiger charge is 2.36. The maximum atomic E-state index is 12.0. The number of ether oxygens (including phenoxy) is 2. The van der Waals surface area contributed by atoms with Gasteiger partial charge in [0.25, 0.3) is 0 Å². The molecule has 4 aromatic rings. The van der Waals surface area contributed by atoms with Crippen molar-refractivity contribution < 1.29 is 17.9 Å². The molecule has 0 radical (unpaired) electrons. The summed E-state index contributed by atoms with van der Waals surface area (Å²) in [7, 11) is -3.79. The number of nitrogens with two attached hydrogens (primary N) is 1. The molecular formula is C39H49NO4S. The number of hydrogen-bond donors (Lipinski definition) is 1. The topological polar surface area (TPSA) is 78.6 Å². The minimum absolute atomic E-state index is 0.0293. The van der Waals surface area contributed by atoms with Crippen molar-refractivity contribution in [2.24, 2.45) is 10.6 Å². The van der Waals surface area contributed by atoms with Crippen LogP contribution < -0.4 is 5.14 Å². The summed E-state index contributed by atoms with van der Waals surface area (Å²) < 4.78 is 37.1. The highest BCUT2D eigenvalue weighted by atomic mass is 32.2. The molecular weight excluding hydrogens is 578 g/mol. The van der Waals surface area contributed by atoms with Gasteiger partial charge in [0, 0.05) is 5.41 Å². The van der Waals surface area contributed by atoms with Crippen LogP contribution in [-0.2, 0) is 56.4 Å². The largest absolute Gasteiger partial charge is 0.376 e. The zero-order valence-corrected chi connectivity index (χ0v) is 28.5. The van der Waals surface area contributed by atoms with Crippen molar-refractivity contribution >= 4 is 10.0 Å². The fraction of sp³-hybridized carbons (Fsp3) is 0.385. The molecule has 0 heterocycles. The summed E-state index contributed by atoms with van der Waals surface area (Å²) in [6, 6.07) is 34.0. The first kappa shape index (κ1) is 34.6. The number of sulfonamides is 1. The lowest BCUT2D eigenvalue weighted by molar-refractivity contribution is -0.0333. The van der Waals surface area contributed by atoms with Crippen LogP contribution in [0.25, 0.3) is 0 Å². The summed E-state index contributed by atoms with van der Waals surface area (Å²) in [6.45, 7) is 15.5. The van der Waals surface area contributed by atoms with E-state index in [9.17, 15) is 8.42 Å². The maximum absolute atomic E-state index is 12.0. The number of primary sulfonamides is 1. The summed E-state index contributed by atoms with van der Waals surface area (Å²) in [4.78, 5) is 0.102. The van der Waals surface area contributed by atoms with Crippen LogP contribution in [0, 0.1) is 5.41 Å². The van der Waals surface area contributed by atoms with Gasteiger partial charge in [-0.1, -0.05) is 133 Å². The second-order valence-electron chi connectivity index (χ2n) is 14.3. The number of rotatable bonds is 13. The van der Waals surface area contributed by atoms with Gasteiger partial charge in [-0.25, -0.2) is 13.6 Å². The highest BCUT2D eigenvalue weighted by Crippen LogP contribution is 2.40. The molecule has 45 heavy (non-hydrogen) atoms. The molecule has 0 amide bonds.